The minimum absolute atomic E-state index is 0.160. The summed E-state index contributed by atoms with van der Waals surface area (Å²) in [6, 6.07) is 11.0. The van der Waals surface area contributed by atoms with E-state index in [1.165, 1.54) is 12.1 Å². The van der Waals surface area contributed by atoms with Gasteiger partial charge in [-0.2, -0.15) is 11.8 Å². The first-order chi connectivity index (χ1) is 21.5. The fraction of sp³-hybridized carbons (Fsp3) is 0.419. The maximum Gasteiger partial charge on any atom is 0.320 e. The van der Waals surface area contributed by atoms with Crippen molar-refractivity contribution in [2.24, 2.45) is 28.9 Å². The van der Waals surface area contributed by atoms with Gasteiger partial charge < -0.3 is 53.5 Å². The van der Waals surface area contributed by atoms with Crippen LogP contribution in [0.4, 0.5) is 0 Å². The van der Waals surface area contributed by atoms with Crippen molar-refractivity contribution in [2.75, 3.05) is 12.0 Å². The van der Waals surface area contributed by atoms with E-state index in [2.05, 4.69) is 4.98 Å². The van der Waals surface area contributed by atoms with Crippen LogP contribution in [0.1, 0.15) is 37.8 Å². The quantitative estimate of drug-likeness (QED) is 0.125. The van der Waals surface area contributed by atoms with Crippen LogP contribution in [-0.4, -0.2) is 90.6 Å². The van der Waals surface area contributed by atoms with Crippen LogP contribution in [0.3, 0.4) is 0 Å². The van der Waals surface area contributed by atoms with Crippen molar-refractivity contribution in [1.82, 2.24) is 4.98 Å². The number of carboxylic acid groups (broad SMARTS) is 4. The molecule has 0 aliphatic rings. The summed E-state index contributed by atoms with van der Waals surface area (Å²) in [5, 5.41) is 43.8. The molecule has 0 bridgehead atoms. The van der Waals surface area contributed by atoms with Crippen LogP contribution in [0, 0.1) is 5.92 Å². The van der Waals surface area contributed by atoms with E-state index < -0.39 is 48.0 Å². The van der Waals surface area contributed by atoms with Crippen molar-refractivity contribution in [1.29, 1.82) is 0 Å². The number of nitrogens with one attached hydrogen (secondary N) is 1. The Morgan fingerprint density at radius 3 is 1.70 bits per heavy atom. The first kappa shape index (κ1) is 41.9. The fourth-order valence-corrected chi connectivity index (χ4v) is 4.06. The maximum atomic E-state index is 10.6. The average Bonchev–Trinajstić information content (AvgIpc) is 3.40. The third-order valence-corrected chi connectivity index (χ3v) is 6.78. The van der Waals surface area contributed by atoms with Gasteiger partial charge in [-0.3, -0.25) is 19.2 Å². The first-order valence-corrected chi connectivity index (χ1v) is 15.6. The number of aromatic nitrogens is 1. The van der Waals surface area contributed by atoms with E-state index in [0.717, 1.165) is 27.8 Å². The summed E-state index contributed by atoms with van der Waals surface area (Å²) >= 11 is 1.60. The number of carbonyl (C=O) groups is 4. The highest BCUT2D eigenvalue weighted by Crippen LogP contribution is 2.18. The van der Waals surface area contributed by atoms with Gasteiger partial charge in [0.15, 0.2) is 0 Å². The Morgan fingerprint density at radius 1 is 0.739 bits per heavy atom. The highest BCUT2D eigenvalue weighted by Gasteiger charge is 2.15. The van der Waals surface area contributed by atoms with Crippen LogP contribution in [0.15, 0.2) is 54.7 Å². The number of phenols is 1. The predicted molar refractivity (Wildman–Crippen MR) is 179 cm³/mol. The van der Waals surface area contributed by atoms with Gasteiger partial charge in [0.2, 0.25) is 0 Å². The van der Waals surface area contributed by atoms with E-state index in [4.69, 9.17) is 48.5 Å². The summed E-state index contributed by atoms with van der Waals surface area (Å²) in [4.78, 5) is 44.3. The van der Waals surface area contributed by atoms with Crippen LogP contribution >= 0.6 is 11.8 Å². The number of H-pyrrole nitrogens is 1. The lowest BCUT2D eigenvalue weighted by molar-refractivity contribution is -0.139. The molecule has 0 unspecified atom stereocenters. The normalized spacial score (nSPS) is 13.0. The van der Waals surface area contributed by atoms with Gasteiger partial charge in [0.1, 0.15) is 29.9 Å². The van der Waals surface area contributed by atoms with Crippen molar-refractivity contribution in [3.8, 4) is 5.75 Å². The van der Waals surface area contributed by atoms with Gasteiger partial charge in [-0.15, -0.1) is 0 Å². The monoisotopic (exact) mass is 665 g/mol. The summed E-state index contributed by atoms with van der Waals surface area (Å²) in [6.07, 6.45) is 5.46. The molecule has 0 spiro atoms. The standard InChI is InChI=1S/C11H12N2O2.C9H11NO3.C6H13NO2.C5H11NO2S/c12-9(11(14)15)5-7-6-13-10-4-2-1-3-8(7)10;10-8(9(12)13)5-6-1-3-7(11)4-2-6;1-4(2)3-5(7)6(8)9;1-9-3-2-4(6)5(7)8/h1-4,6,9,13H,5,12H2,(H,14,15);1-4,8,11H,5,10H2,(H,12,13);4-5H,3,7H2,1-2H3,(H,8,9);4H,2-3,6H2,1H3,(H,7,8)/t9-;8-;5-;4-/m1111/s1. The SMILES string of the molecule is CC(C)C[C@@H](N)C(=O)O.CSCC[C@@H](N)C(=O)O.N[C@H](Cc1c[nH]c2ccccc12)C(=O)O.N[C@H](Cc1ccc(O)cc1)C(=O)O. The number of phenolic OH excluding ortho intramolecular Hbond substituents is 1. The number of rotatable bonds is 13. The number of thioether (sulfide) groups is 1. The average molecular weight is 666 g/mol. The molecule has 0 saturated carbocycles. The van der Waals surface area contributed by atoms with Crippen molar-refractivity contribution in [2.45, 2.75) is 63.7 Å². The van der Waals surface area contributed by atoms with Crippen molar-refractivity contribution in [3.05, 3.63) is 65.9 Å². The number of aliphatic carboxylic acids is 4. The lowest BCUT2D eigenvalue weighted by Gasteiger charge is -2.07. The molecule has 0 fully saturated rings. The van der Waals surface area contributed by atoms with Crippen LogP contribution < -0.4 is 22.9 Å². The Morgan fingerprint density at radius 2 is 1.24 bits per heavy atom. The van der Waals surface area contributed by atoms with Gasteiger partial charge in [-0.1, -0.05) is 44.2 Å². The van der Waals surface area contributed by atoms with E-state index in [0.29, 0.717) is 25.2 Å². The van der Waals surface area contributed by atoms with E-state index in [1.807, 2.05) is 50.6 Å². The van der Waals surface area contributed by atoms with Gasteiger partial charge in [0, 0.05) is 23.5 Å². The van der Waals surface area contributed by atoms with Crippen LogP contribution in [0.5, 0.6) is 5.75 Å². The molecular formula is C31H47N5O9S. The first-order valence-electron chi connectivity index (χ1n) is 14.2. The molecule has 0 radical (unpaired) electrons. The summed E-state index contributed by atoms with van der Waals surface area (Å²) in [6.45, 7) is 3.89. The van der Waals surface area contributed by atoms with E-state index in [1.54, 1.807) is 23.9 Å². The zero-order valence-corrected chi connectivity index (χ0v) is 27.0. The topological polar surface area (TPSA) is 289 Å². The number of fused-ring (bicyclic) bond motifs is 1. The van der Waals surface area contributed by atoms with E-state index in [-0.39, 0.29) is 12.2 Å². The Hall–Kier alpha value is -4.15. The highest BCUT2D eigenvalue weighted by molar-refractivity contribution is 7.98. The van der Waals surface area contributed by atoms with Crippen molar-refractivity contribution >= 4 is 46.5 Å². The molecule has 46 heavy (non-hydrogen) atoms. The number of aromatic amines is 1. The molecule has 256 valence electrons. The summed E-state index contributed by atoms with van der Waals surface area (Å²) in [5.74, 6) is -2.49. The summed E-state index contributed by atoms with van der Waals surface area (Å²) in [7, 11) is 0. The zero-order chi connectivity index (χ0) is 35.4. The number of carboxylic acids is 4. The maximum absolute atomic E-state index is 10.6. The Kier molecular flexibility index (Phi) is 20.4. The van der Waals surface area contributed by atoms with Gasteiger partial charge in [-0.05, 0) is 66.5 Å². The minimum atomic E-state index is -1.02. The number of nitrogens with two attached hydrogens (primary N) is 4. The molecule has 0 saturated heterocycles. The summed E-state index contributed by atoms with van der Waals surface area (Å²) in [5.41, 5.74) is 24.0. The minimum Gasteiger partial charge on any atom is -0.508 e. The lowest BCUT2D eigenvalue weighted by Crippen LogP contribution is -2.32. The molecule has 3 aromatic rings. The third-order valence-electron chi connectivity index (χ3n) is 6.13. The fourth-order valence-electron chi connectivity index (χ4n) is 3.57. The molecule has 1 aromatic heterocycles. The predicted octanol–water partition coefficient (Wildman–Crippen LogP) is 2.06. The molecule has 0 amide bonds. The summed E-state index contributed by atoms with van der Waals surface area (Å²) < 4.78 is 0. The molecule has 1 heterocycles. The molecule has 0 aliphatic heterocycles. The molecule has 2 aromatic carbocycles. The molecule has 14 N–H and O–H groups in total. The smallest absolute Gasteiger partial charge is 0.320 e. The molecule has 4 atom stereocenters. The molecule has 0 aliphatic carbocycles. The number of hydrogen-bond acceptors (Lipinski definition) is 10. The number of para-hydroxylation sites is 1. The van der Waals surface area contributed by atoms with Crippen LogP contribution in [-0.2, 0) is 32.0 Å². The van der Waals surface area contributed by atoms with E-state index in [9.17, 15) is 19.2 Å². The van der Waals surface area contributed by atoms with Gasteiger partial charge in [-0.25, -0.2) is 0 Å². The van der Waals surface area contributed by atoms with Gasteiger partial charge in [0.05, 0.1) is 0 Å². The molecule has 3 rings (SSSR count). The van der Waals surface area contributed by atoms with Crippen LogP contribution in [0.25, 0.3) is 10.9 Å². The van der Waals surface area contributed by atoms with Gasteiger partial charge >= 0.3 is 23.9 Å². The van der Waals surface area contributed by atoms with E-state index >= 15 is 0 Å². The molecular weight excluding hydrogens is 618 g/mol. The second-order valence-electron chi connectivity index (χ2n) is 10.6. The second kappa shape index (κ2) is 22.4. The van der Waals surface area contributed by atoms with Crippen LogP contribution in [0.2, 0.25) is 0 Å². The zero-order valence-electron chi connectivity index (χ0n) is 26.2. The Bertz CT molecular complexity index is 1350. The number of benzene rings is 2. The Balaban J connectivity index is 0.000000604. The highest BCUT2D eigenvalue weighted by atomic mass is 32.2. The largest absolute Gasteiger partial charge is 0.508 e. The molecule has 15 heteroatoms. The number of hydrogen-bond donors (Lipinski definition) is 10. The van der Waals surface area contributed by atoms with Gasteiger partial charge in [0.25, 0.3) is 0 Å². The molecule has 14 nitrogen and oxygen atoms in total. The number of aromatic hydroxyl groups is 1. The second-order valence-corrected chi connectivity index (χ2v) is 11.6. The van der Waals surface area contributed by atoms with Crippen molar-refractivity contribution in [3.63, 3.8) is 0 Å². The lowest BCUT2D eigenvalue weighted by atomic mass is 10.1. The Labute approximate surface area is 272 Å². The van der Waals surface area contributed by atoms with Crippen molar-refractivity contribution < 1.29 is 44.7 Å². The third kappa shape index (κ3) is 18.0.